The third-order valence-corrected chi connectivity index (χ3v) is 6.73. The van der Waals surface area contributed by atoms with Crippen molar-refractivity contribution in [3.05, 3.63) is 22.4 Å². The highest BCUT2D eigenvalue weighted by atomic mass is 32.1. The van der Waals surface area contributed by atoms with Gasteiger partial charge in [-0.25, -0.2) is 9.69 Å². The molecule has 24 heavy (non-hydrogen) atoms. The molecule has 3 amide bonds. The van der Waals surface area contributed by atoms with Gasteiger partial charge in [0.1, 0.15) is 5.54 Å². The molecule has 0 aromatic carbocycles. The van der Waals surface area contributed by atoms with Crippen LogP contribution in [0.4, 0.5) is 4.79 Å². The first kappa shape index (κ1) is 16.1. The fourth-order valence-corrected chi connectivity index (χ4v) is 5.35. The molecule has 5 nitrogen and oxygen atoms in total. The second-order valence-electron chi connectivity index (χ2n) is 7.29. The molecule has 2 saturated heterocycles. The molecule has 1 aromatic heterocycles. The average Bonchev–Trinajstić information content (AvgIpc) is 3.24. The Morgan fingerprint density at radius 2 is 1.96 bits per heavy atom. The zero-order valence-corrected chi connectivity index (χ0v) is 14.8. The van der Waals surface area contributed by atoms with Crippen LogP contribution in [-0.4, -0.2) is 40.5 Å². The molecule has 3 fully saturated rings. The molecule has 0 radical (unpaired) electrons. The lowest BCUT2D eigenvalue weighted by Gasteiger charge is -2.29. The monoisotopic (exact) mass is 347 g/mol. The molecule has 1 aliphatic carbocycles. The summed E-state index contributed by atoms with van der Waals surface area (Å²) in [5.74, 6) is 0.00577. The normalized spacial score (nSPS) is 27.7. The Labute approximate surface area is 147 Å². The van der Waals surface area contributed by atoms with E-state index in [1.807, 2.05) is 0 Å². The van der Waals surface area contributed by atoms with Gasteiger partial charge in [0.05, 0.1) is 6.67 Å². The molecule has 1 aromatic rings. The van der Waals surface area contributed by atoms with Gasteiger partial charge in [-0.05, 0) is 37.1 Å². The lowest BCUT2D eigenvalue weighted by atomic mass is 9.90. The number of thiophene rings is 1. The fraction of sp³-hybridized carbons (Fsp3) is 0.667. The van der Waals surface area contributed by atoms with E-state index in [1.54, 1.807) is 11.3 Å². The van der Waals surface area contributed by atoms with Crippen LogP contribution in [0.3, 0.4) is 0 Å². The Bertz CT molecular complexity index is 608. The van der Waals surface area contributed by atoms with Crippen molar-refractivity contribution in [1.29, 1.82) is 0 Å². The number of rotatable bonds is 3. The molecule has 1 N–H and O–H groups in total. The Hall–Kier alpha value is -1.40. The highest BCUT2D eigenvalue weighted by Gasteiger charge is 2.51. The van der Waals surface area contributed by atoms with E-state index in [9.17, 15) is 9.59 Å². The number of nitrogens with one attached hydrogen (secondary N) is 1. The number of imide groups is 1. The summed E-state index contributed by atoms with van der Waals surface area (Å²) in [5, 5.41) is 5.14. The van der Waals surface area contributed by atoms with Gasteiger partial charge in [0.25, 0.3) is 5.91 Å². The largest absolute Gasteiger partial charge is 0.326 e. The zero-order valence-electron chi connectivity index (χ0n) is 14.0. The molecule has 0 unspecified atom stereocenters. The number of urea groups is 1. The van der Waals surface area contributed by atoms with E-state index in [-0.39, 0.29) is 11.9 Å². The zero-order chi connectivity index (χ0) is 16.6. The first-order chi connectivity index (χ1) is 11.7. The molecular weight excluding hydrogens is 322 g/mol. The molecule has 1 atom stereocenters. The first-order valence-electron chi connectivity index (χ1n) is 9.11. The maximum absolute atomic E-state index is 13.0. The maximum Gasteiger partial charge on any atom is 0.326 e. The van der Waals surface area contributed by atoms with Crippen molar-refractivity contribution in [3.63, 3.8) is 0 Å². The van der Waals surface area contributed by atoms with Gasteiger partial charge < -0.3 is 5.32 Å². The lowest BCUT2D eigenvalue weighted by Crippen LogP contribution is -2.47. The molecule has 0 bridgehead atoms. The smallest absolute Gasteiger partial charge is 0.323 e. The second-order valence-corrected chi connectivity index (χ2v) is 8.27. The quantitative estimate of drug-likeness (QED) is 0.852. The van der Waals surface area contributed by atoms with Crippen molar-refractivity contribution < 1.29 is 9.59 Å². The van der Waals surface area contributed by atoms with E-state index in [0.717, 1.165) is 57.9 Å². The Morgan fingerprint density at radius 3 is 2.67 bits per heavy atom. The van der Waals surface area contributed by atoms with Crippen molar-refractivity contribution in [1.82, 2.24) is 15.1 Å². The van der Waals surface area contributed by atoms with Crippen LogP contribution < -0.4 is 5.32 Å². The van der Waals surface area contributed by atoms with Gasteiger partial charge in [0, 0.05) is 17.5 Å². The number of amides is 3. The number of likely N-dealkylation sites (tertiary alicyclic amines) is 1. The average molecular weight is 347 g/mol. The summed E-state index contributed by atoms with van der Waals surface area (Å²) < 4.78 is 0. The lowest BCUT2D eigenvalue weighted by molar-refractivity contribution is -0.133. The van der Waals surface area contributed by atoms with Gasteiger partial charge in [-0.1, -0.05) is 31.7 Å². The SMILES string of the molecule is O=C1NC2(CCCCCC2)C(=O)N1CN1CCC[C@@H]1c1cccs1. The topological polar surface area (TPSA) is 52.7 Å². The van der Waals surface area contributed by atoms with Gasteiger partial charge in [-0.15, -0.1) is 11.3 Å². The van der Waals surface area contributed by atoms with Gasteiger partial charge in [0.2, 0.25) is 0 Å². The molecule has 3 heterocycles. The van der Waals surface area contributed by atoms with Gasteiger partial charge >= 0.3 is 6.03 Å². The molecule has 6 heteroatoms. The van der Waals surface area contributed by atoms with Crippen LogP contribution in [0, 0.1) is 0 Å². The molecule has 1 spiro atoms. The fourth-order valence-electron chi connectivity index (χ4n) is 4.46. The summed E-state index contributed by atoms with van der Waals surface area (Å²) in [7, 11) is 0. The highest BCUT2D eigenvalue weighted by Crippen LogP contribution is 2.37. The molecule has 2 aliphatic heterocycles. The van der Waals surface area contributed by atoms with E-state index in [1.165, 1.54) is 9.78 Å². The number of hydrogen-bond donors (Lipinski definition) is 1. The molecular formula is C18H25N3O2S. The summed E-state index contributed by atoms with van der Waals surface area (Å²) >= 11 is 1.76. The number of carbonyl (C=O) groups excluding carboxylic acids is 2. The van der Waals surface area contributed by atoms with E-state index in [0.29, 0.717) is 12.7 Å². The van der Waals surface area contributed by atoms with Crippen LogP contribution in [0.2, 0.25) is 0 Å². The summed E-state index contributed by atoms with van der Waals surface area (Å²) in [5.41, 5.74) is -0.619. The maximum atomic E-state index is 13.0. The predicted molar refractivity (Wildman–Crippen MR) is 93.7 cm³/mol. The van der Waals surface area contributed by atoms with Gasteiger partial charge in [-0.3, -0.25) is 9.69 Å². The van der Waals surface area contributed by atoms with Crippen LogP contribution in [0.5, 0.6) is 0 Å². The van der Waals surface area contributed by atoms with Crippen molar-refractivity contribution in [3.8, 4) is 0 Å². The Kier molecular flexibility index (Phi) is 4.35. The molecule has 3 aliphatic rings. The van der Waals surface area contributed by atoms with Gasteiger partial charge in [-0.2, -0.15) is 0 Å². The van der Waals surface area contributed by atoms with Crippen molar-refractivity contribution in [2.75, 3.05) is 13.2 Å². The van der Waals surface area contributed by atoms with Crippen LogP contribution in [0.15, 0.2) is 17.5 Å². The standard InChI is InChI=1S/C18H25N3O2S/c22-16-18(9-3-1-2-4-10-18)19-17(23)21(16)13-20-11-5-7-14(20)15-8-6-12-24-15/h6,8,12,14H,1-5,7,9-11,13H2,(H,19,23)/t14-/m1/s1. The van der Waals surface area contributed by atoms with Crippen LogP contribution in [0.25, 0.3) is 0 Å². The van der Waals surface area contributed by atoms with Crippen LogP contribution in [-0.2, 0) is 4.79 Å². The summed E-state index contributed by atoms with van der Waals surface area (Å²) in [6, 6.07) is 4.38. The van der Waals surface area contributed by atoms with E-state index in [2.05, 4.69) is 27.7 Å². The summed E-state index contributed by atoms with van der Waals surface area (Å²) in [6.07, 6.45) is 8.20. The Morgan fingerprint density at radius 1 is 1.17 bits per heavy atom. The first-order valence-corrected chi connectivity index (χ1v) is 9.99. The molecule has 1 saturated carbocycles. The van der Waals surface area contributed by atoms with Crippen LogP contribution in [0.1, 0.15) is 62.3 Å². The van der Waals surface area contributed by atoms with E-state index >= 15 is 0 Å². The predicted octanol–water partition coefficient (Wildman–Crippen LogP) is 3.49. The summed E-state index contributed by atoms with van der Waals surface area (Å²) in [6.45, 7) is 1.38. The molecule has 4 rings (SSSR count). The summed E-state index contributed by atoms with van der Waals surface area (Å²) in [4.78, 5) is 30.7. The van der Waals surface area contributed by atoms with Crippen LogP contribution >= 0.6 is 11.3 Å². The minimum absolute atomic E-state index is 0.00577. The van der Waals surface area contributed by atoms with Crippen molar-refractivity contribution in [2.24, 2.45) is 0 Å². The Balaban J connectivity index is 1.50. The third-order valence-electron chi connectivity index (χ3n) is 5.76. The van der Waals surface area contributed by atoms with E-state index < -0.39 is 5.54 Å². The van der Waals surface area contributed by atoms with Crippen molar-refractivity contribution in [2.45, 2.75) is 62.9 Å². The highest BCUT2D eigenvalue weighted by molar-refractivity contribution is 7.10. The minimum Gasteiger partial charge on any atom is -0.323 e. The van der Waals surface area contributed by atoms with E-state index in [4.69, 9.17) is 0 Å². The number of nitrogens with zero attached hydrogens (tertiary/aromatic N) is 2. The molecule has 130 valence electrons. The number of carbonyl (C=O) groups is 2. The number of hydrogen-bond acceptors (Lipinski definition) is 4. The second kappa shape index (κ2) is 6.48. The van der Waals surface area contributed by atoms with Gasteiger partial charge in [0.15, 0.2) is 0 Å². The minimum atomic E-state index is -0.619. The third kappa shape index (κ3) is 2.75. The van der Waals surface area contributed by atoms with Crippen molar-refractivity contribution >= 4 is 23.3 Å².